The lowest BCUT2D eigenvalue weighted by molar-refractivity contribution is -0.0157. The van der Waals surface area contributed by atoms with Gasteiger partial charge in [0.1, 0.15) is 0 Å². The van der Waals surface area contributed by atoms with Crippen molar-refractivity contribution >= 4 is 18.4 Å². The first-order valence-corrected chi connectivity index (χ1v) is 12.9. The number of halogens is 1. The number of ether oxygens (including phenoxy) is 1. The van der Waals surface area contributed by atoms with Crippen molar-refractivity contribution in [2.75, 3.05) is 26.3 Å². The van der Waals surface area contributed by atoms with Gasteiger partial charge in [0, 0.05) is 18.6 Å². The zero-order valence-corrected chi connectivity index (χ0v) is 19.3. The van der Waals surface area contributed by atoms with E-state index >= 15 is 0 Å². The first kappa shape index (κ1) is 20.1. The molecule has 1 heterocycles. The van der Waals surface area contributed by atoms with Crippen LogP contribution in [0, 0.1) is 35.5 Å². The van der Waals surface area contributed by atoms with Crippen LogP contribution in [0.15, 0.2) is 4.99 Å². The molecule has 0 aromatic carbocycles. The van der Waals surface area contributed by atoms with Crippen molar-refractivity contribution in [1.82, 2.24) is 10.2 Å². The lowest BCUT2D eigenvalue weighted by Crippen LogP contribution is -2.63. The Balaban J connectivity index is 0.00000175. The monoisotopic (exact) mass is 433 g/mol. The van der Waals surface area contributed by atoms with Gasteiger partial charge in [-0.3, -0.25) is 0 Å². The Morgan fingerprint density at radius 2 is 1.13 bits per heavy atom. The molecule has 168 valence electrons. The number of morpholine rings is 1. The minimum Gasteiger partial charge on any atom is -0.378 e. The van der Waals surface area contributed by atoms with E-state index < -0.39 is 0 Å². The van der Waals surface area contributed by atoms with E-state index in [9.17, 15) is 0 Å². The molecule has 0 aromatic rings. The van der Waals surface area contributed by atoms with Crippen molar-refractivity contribution in [1.29, 1.82) is 0 Å². The van der Waals surface area contributed by atoms with Crippen molar-refractivity contribution in [2.24, 2.45) is 40.5 Å². The van der Waals surface area contributed by atoms with E-state index in [2.05, 4.69) is 10.2 Å². The van der Waals surface area contributed by atoms with Crippen LogP contribution in [0.2, 0.25) is 0 Å². The highest BCUT2D eigenvalue weighted by Crippen LogP contribution is 2.58. The summed E-state index contributed by atoms with van der Waals surface area (Å²) >= 11 is 0. The third-order valence-corrected chi connectivity index (χ3v) is 10.1. The Morgan fingerprint density at radius 1 is 0.700 bits per heavy atom. The maximum Gasteiger partial charge on any atom is 0.195 e. The molecule has 0 aromatic heterocycles. The Hall–Kier alpha value is -0.480. The zero-order chi connectivity index (χ0) is 19.1. The molecule has 1 N–H and O–H groups in total. The molecular formula is C25H40ClN3O. The quantitative estimate of drug-likeness (QED) is 0.509. The summed E-state index contributed by atoms with van der Waals surface area (Å²) in [7, 11) is 0. The number of nitrogens with one attached hydrogen (secondary N) is 1. The normalized spacial score (nSPS) is 51.2. The second-order valence-corrected chi connectivity index (χ2v) is 12.5. The fourth-order valence-corrected chi connectivity index (χ4v) is 9.88. The van der Waals surface area contributed by atoms with Gasteiger partial charge in [-0.05, 0) is 113 Å². The molecule has 9 rings (SSSR count). The molecule has 1 saturated heterocycles. The lowest BCUT2D eigenvalue weighted by atomic mass is 9.53. The van der Waals surface area contributed by atoms with Crippen LogP contribution >= 0.6 is 12.4 Å². The van der Waals surface area contributed by atoms with Gasteiger partial charge in [0.15, 0.2) is 5.96 Å². The molecule has 0 radical (unpaired) electrons. The number of hydrogen-bond donors (Lipinski definition) is 1. The van der Waals surface area contributed by atoms with Crippen LogP contribution < -0.4 is 5.32 Å². The summed E-state index contributed by atoms with van der Waals surface area (Å²) < 4.78 is 5.71. The molecule has 0 atom stereocenters. The smallest absolute Gasteiger partial charge is 0.195 e. The summed E-state index contributed by atoms with van der Waals surface area (Å²) in [4.78, 5) is 8.31. The third kappa shape index (κ3) is 3.39. The van der Waals surface area contributed by atoms with E-state index in [1.165, 1.54) is 83.0 Å². The number of rotatable bonds is 2. The van der Waals surface area contributed by atoms with Gasteiger partial charge in [-0.15, -0.1) is 12.4 Å². The van der Waals surface area contributed by atoms with Crippen LogP contribution in [-0.4, -0.2) is 48.2 Å². The standard InChI is InChI=1S/C25H39N3O.ClH/c1-3-29-4-2-28(1)23(26-24-11-17-5-18(12-24)7-19(6-17)13-24)27-25-14-20-8-21(15-25)10-22(9-20)16-25;/h17-22H,1-16H2,(H,26,27);1H. The van der Waals surface area contributed by atoms with Gasteiger partial charge in [0.25, 0.3) is 0 Å². The molecule has 5 heteroatoms. The molecular weight excluding hydrogens is 394 g/mol. The molecule has 0 amide bonds. The summed E-state index contributed by atoms with van der Waals surface area (Å²) in [5.74, 6) is 7.15. The van der Waals surface area contributed by atoms with Crippen LogP contribution in [0.3, 0.4) is 0 Å². The second-order valence-electron chi connectivity index (χ2n) is 12.5. The zero-order valence-electron chi connectivity index (χ0n) is 18.5. The highest BCUT2D eigenvalue weighted by molar-refractivity contribution is 5.85. The summed E-state index contributed by atoms with van der Waals surface area (Å²) in [6, 6.07) is 0. The predicted octanol–water partition coefficient (Wildman–Crippen LogP) is 4.62. The fraction of sp³-hybridized carbons (Fsp3) is 0.960. The summed E-state index contributed by atoms with van der Waals surface area (Å²) in [5, 5.41) is 4.23. The molecule has 1 aliphatic heterocycles. The number of guanidine groups is 1. The highest BCUT2D eigenvalue weighted by atomic mass is 35.5. The van der Waals surface area contributed by atoms with Gasteiger partial charge in [-0.2, -0.15) is 0 Å². The van der Waals surface area contributed by atoms with E-state index in [1.807, 2.05) is 0 Å². The first-order valence-electron chi connectivity index (χ1n) is 12.9. The summed E-state index contributed by atoms with van der Waals surface area (Å²) in [5.41, 5.74) is 0.617. The summed E-state index contributed by atoms with van der Waals surface area (Å²) in [6.45, 7) is 3.76. The van der Waals surface area contributed by atoms with E-state index in [0.717, 1.165) is 61.8 Å². The van der Waals surface area contributed by atoms with Crippen molar-refractivity contribution in [2.45, 2.75) is 88.1 Å². The first-order chi connectivity index (χ1) is 14.1. The van der Waals surface area contributed by atoms with Gasteiger partial charge < -0.3 is 15.0 Å². The maximum absolute atomic E-state index is 5.74. The SMILES string of the molecule is C1CN(/C(=N\C23CC4CC(CC(C4)C2)C3)NC23CC4CC(CC(C4)C2)C3)CCO1.Cl. The average molecular weight is 434 g/mol. The van der Waals surface area contributed by atoms with Crippen LogP contribution in [0.1, 0.15) is 77.0 Å². The maximum atomic E-state index is 5.74. The third-order valence-electron chi connectivity index (χ3n) is 10.1. The Bertz CT molecular complexity index is 630. The van der Waals surface area contributed by atoms with Gasteiger partial charge in [-0.1, -0.05) is 0 Å². The molecule has 8 saturated carbocycles. The van der Waals surface area contributed by atoms with E-state index in [0.29, 0.717) is 5.54 Å². The van der Waals surface area contributed by atoms with Crippen LogP contribution in [0.5, 0.6) is 0 Å². The Kier molecular flexibility index (Phi) is 4.88. The molecule has 9 aliphatic rings. The summed E-state index contributed by atoms with van der Waals surface area (Å²) in [6.07, 6.45) is 17.4. The molecule has 0 unspecified atom stereocenters. The number of aliphatic imine (C=N–C) groups is 1. The van der Waals surface area contributed by atoms with E-state index in [-0.39, 0.29) is 17.9 Å². The van der Waals surface area contributed by atoms with Crippen molar-refractivity contribution < 1.29 is 4.74 Å². The molecule has 30 heavy (non-hydrogen) atoms. The lowest BCUT2D eigenvalue weighted by Gasteiger charge is -2.58. The minimum absolute atomic E-state index is 0. The minimum atomic E-state index is 0. The predicted molar refractivity (Wildman–Crippen MR) is 122 cm³/mol. The average Bonchev–Trinajstić information content (AvgIpc) is 2.65. The van der Waals surface area contributed by atoms with Gasteiger partial charge in [-0.25, -0.2) is 4.99 Å². The van der Waals surface area contributed by atoms with Crippen molar-refractivity contribution in [3.8, 4) is 0 Å². The topological polar surface area (TPSA) is 36.9 Å². The van der Waals surface area contributed by atoms with E-state index in [1.54, 1.807) is 0 Å². The van der Waals surface area contributed by atoms with Crippen molar-refractivity contribution in [3.63, 3.8) is 0 Å². The second kappa shape index (κ2) is 7.27. The fourth-order valence-electron chi connectivity index (χ4n) is 9.88. The van der Waals surface area contributed by atoms with E-state index in [4.69, 9.17) is 9.73 Å². The molecule has 0 spiro atoms. The van der Waals surface area contributed by atoms with Crippen LogP contribution in [0.25, 0.3) is 0 Å². The molecule has 8 aliphatic carbocycles. The largest absolute Gasteiger partial charge is 0.378 e. The number of nitrogens with zero attached hydrogens (tertiary/aromatic N) is 2. The van der Waals surface area contributed by atoms with Gasteiger partial charge >= 0.3 is 0 Å². The molecule has 9 fully saturated rings. The Morgan fingerprint density at radius 3 is 1.60 bits per heavy atom. The molecule has 8 bridgehead atoms. The highest BCUT2D eigenvalue weighted by Gasteiger charge is 2.54. The molecule has 4 nitrogen and oxygen atoms in total. The van der Waals surface area contributed by atoms with Crippen LogP contribution in [-0.2, 0) is 4.74 Å². The van der Waals surface area contributed by atoms with Crippen molar-refractivity contribution in [3.05, 3.63) is 0 Å². The Labute approximate surface area is 188 Å². The van der Waals surface area contributed by atoms with Crippen LogP contribution in [0.4, 0.5) is 0 Å². The number of hydrogen-bond acceptors (Lipinski definition) is 2. The van der Waals surface area contributed by atoms with Gasteiger partial charge in [0.05, 0.1) is 18.8 Å². The van der Waals surface area contributed by atoms with Gasteiger partial charge in [0.2, 0.25) is 0 Å².